The number of benzene rings is 1. The number of esters is 2. The van der Waals surface area contributed by atoms with Crippen LogP contribution in [0.1, 0.15) is 45.1 Å². The summed E-state index contributed by atoms with van der Waals surface area (Å²) in [6.45, 7) is 4.13. The lowest BCUT2D eigenvalue weighted by atomic mass is 10.0. The maximum absolute atomic E-state index is 13.1. The monoisotopic (exact) mass is 421 g/mol. The smallest absolute Gasteiger partial charge is 0.315 e. The molecule has 1 saturated carbocycles. The Morgan fingerprint density at radius 2 is 1.77 bits per heavy atom. The highest BCUT2D eigenvalue weighted by atomic mass is 16.5. The predicted octanol–water partition coefficient (Wildman–Crippen LogP) is 2.72. The molecule has 166 valence electrons. The van der Waals surface area contributed by atoms with Crippen LogP contribution in [0.15, 0.2) is 18.2 Å². The molecule has 1 aromatic carbocycles. The third kappa shape index (κ3) is 5.87. The Hall–Kier alpha value is -2.77. The number of carbonyl (C=O) groups excluding carboxylic acids is 3. The van der Waals surface area contributed by atoms with Gasteiger partial charge in [0.15, 0.2) is 0 Å². The van der Waals surface area contributed by atoms with Crippen LogP contribution in [0, 0.1) is 5.92 Å². The fourth-order valence-corrected chi connectivity index (χ4v) is 3.83. The Kier molecular flexibility index (Phi) is 8.95. The molecule has 0 heterocycles. The number of hydrogen-bond acceptors (Lipinski definition) is 7. The predicted molar refractivity (Wildman–Crippen MR) is 109 cm³/mol. The van der Waals surface area contributed by atoms with Gasteiger partial charge < -0.3 is 23.8 Å². The van der Waals surface area contributed by atoms with Crippen LogP contribution in [-0.2, 0) is 30.4 Å². The van der Waals surface area contributed by atoms with Crippen molar-refractivity contribution < 1.29 is 33.3 Å². The molecular weight excluding hydrogens is 390 g/mol. The summed E-state index contributed by atoms with van der Waals surface area (Å²) in [5, 5.41) is 0. The first kappa shape index (κ1) is 23.5. The summed E-state index contributed by atoms with van der Waals surface area (Å²) in [6.07, 6.45) is 1.73. The van der Waals surface area contributed by atoms with Crippen LogP contribution in [-0.4, -0.2) is 56.2 Å². The Balaban J connectivity index is 2.33. The van der Waals surface area contributed by atoms with E-state index in [1.807, 2.05) is 6.07 Å². The number of ether oxygens (including phenoxy) is 4. The van der Waals surface area contributed by atoms with Crippen molar-refractivity contribution in [2.45, 2.75) is 52.1 Å². The Morgan fingerprint density at radius 3 is 2.40 bits per heavy atom. The van der Waals surface area contributed by atoms with Crippen molar-refractivity contribution in [2.75, 3.05) is 27.4 Å². The first-order valence-electron chi connectivity index (χ1n) is 10.3. The molecule has 1 amide bonds. The maximum atomic E-state index is 13.1. The quantitative estimate of drug-likeness (QED) is 0.424. The van der Waals surface area contributed by atoms with Crippen molar-refractivity contribution in [1.82, 2.24) is 4.90 Å². The minimum Gasteiger partial charge on any atom is -0.497 e. The number of carbonyl (C=O) groups is 3. The molecule has 8 heteroatoms. The van der Waals surface area contributed by atoms with E-state index in [0.717, 1.165) is 12.0 Å². The Bertz CT molecular complexity index is 749. The molecule has 0 aromatic heterocycles. The molecule has 0 aliphatic heterocycles. The SMILES string of the molecule is CCOC(=O)CC(=O)N(Cc1ccc(OC)cc1OC)C1CCCC1C(=O)OCC. The molecule has 0 N–H and O–H groups in total. The zero-order valence-electron chi connectivity index (χ0n) is 18.1. The van der Waals surface area contributed by atoms with Crippen LogP contribution in [0.25, 0.3) is 0 Å². The average molecular weight is 421 g/mol. The van der Waals surface area contributed by atoms with Gasteiger partial charge in [-0.05, 0) is 38.8 Å². The van der Waals surface area contributed by atoms with Gasteiger partial charge in [0.1, 0.15) is 17.9 Å². The van der Waals surface area contributed by atoms with E-state index in [0.29, 0.717) is 24.3 Å². The molecule has 0 spiro atoms. The molecule has 0 radical (unpaired) electrons. The third-order valence-corrected chi connectivity index (χ3v) is 5.23. The second-order valence-electron chi connectivity index (χ2n) is 7.04. The van der Waals surface area contributed by atoms with Crippen molar-refractivity contribution in [3.63, 3.8) is 0 Å². The van der Waals surface area contributed by atoms with E-state index in [1.165, 1.54) is 0 Å². The fourth-order valence-electron chi connectivity index (χ4n) is 3.83. The van der Waals surface area contributed by atoms with Crippen molar-refractivity contribution >= 4 is 17.8 Å². The van der Waals surface area contributed by atoms with Gasteiger partial charge in [0.25, 0.3) is 0 Å². The van der Waals surface area contributed by atoms with Crippen molar-refractivity contribution in [3.05, 3.63) is 23.8 Å². The van der Waals surface area contributed by atoms with Gasteiger partial charge in [-0.25, -0.2) is 0 Å². The molecule has 2 atom stereocenters. The van der Waals surface area contributed by atoms with Crippen molar-refractivity contribution in [1.29, 1.82) is 0 Å². The van der Waals surface area contributed by atoms with Gasteiger partial charge in [-0.1, -0.05) is 6.42 Å². The van der Waals surface area contributed by atoms with Crippen LogP contribution in [0.3, 0.4) is 0 Å². The normalized spacial score (nSPS) is 17.9. The highest BCUT2D eigenvalue weighted by Crippen LogP contribution is 2.34. The third-order valence-electron chi connectivity index (χ3n) is 5.23. The lowest BCUT2D eigenvalue weighted by Gasteiger charge is -2.32. The van der Waals surface area contributed by atoms with Gasteiger partial charge in [-0.2, -0.15) is 0 Å². The van der Waals surface area contributed by atoms with E-state index in [1.54, 1.807) is 45.1 Å². The van der Waals surface area contributed by atoms with Crippen LogP contribution >= 0.6 is 0 Å². The van der Waals surface area contributed by atoms with Crippen molar-refractivity contribution in [2.24, 2.45) is 5.92 Å². The van der Waals surface area contributed by atoms with Gasteiger partial charge in [0.05, 0.1) is 33.4 Å². The van der Waals surface area contributed by atoms with Crippen molar-refractivity contribution in [3.8, 4) is 11.5 Å². The number of rotatable bonds is 10. The molecule has 30 heavy (non-hydrogen) atoms. The highest BCUT2D eigenvalue weighted by molar-refractivity contribution is 5.94. The van der Waals surface area contributed by atoms with Gasteiger partial charge >= 0.3 is 11.9 Å². The minimum atomic E-state index is -0.583. The van der Waals surface area contributed by atoms with E-state index in [9.17, 15) is 14.4 Å². The second-order valence-corrected chi connectivity index (χ2v) is 7.04. The van der Waals surface area contributed by atoms with Gasteiger partial charge in [0.2, 0.25) is 5.91 Å². The number of hydrogen-bond donors (Lipinski definition) is 0. The molecule has 0 saturated heterocycles. The highest BCUT2D eigenvalue weighted by Gasteiger charge is 2.40. The summed E-state index contributed by atoms with van der Waals surface area (Å²) in [5.74, 6) is -0.498. The van der Waals surface area contributed by atoms with Crippen LogP contribution in [0.5, 0.6) is 11.5 Å². The zero-order chi connectivity index (χ0) is 22.1. The molecule has 1 aliphatic carbocycles. The Labute approximate surface area is 177 Å². The molecule has 1 aliphatic rings. The summed E-state index contributed by atoms with van der Waals surface area (Å²) in [5.41, 5.74) is 0.755. The first-order valence-corrected chi connectivity index (χ1v) is 10.3. The largest absolute Gasteiger partial charge is 0.497 e. The summed E-state index contributed by atoms with van der Waals surface area (Å²) in [7, 11) is 3.10. The number of methoxy groups -OCH3 is 2. The molecule has 2 unspecified atom stereocenters. The summed E-state index contributed by atoms with van der Waals surface area (Å²) < 4.78 is 20.9. The van der Waals surface area contributed by atoms with Crippen LogP contribution < -0.4 is 9.47 Å². The van der Waals surface area contributed by atoms with Crippen LogP contribution in [0.2, 0.25) is 0 Å². The lowest BCUT2D eigenvalue weighted by Crippen LogP contribution is -2.45. The minimum absolute atomic E-state index is 0.200. The van der Waals surface area contributed by atoms with E-state index in [4.69, 9.17) is 18.9 Å². The van der Waals surface area contributed by atoms with E-state index < -0.39 is 11.9 Å². The first-order chi connectivity index (χ1) is 14.4. The average Bonchev–Trinajstić information content (AvgIpc) is 3.21. The zero-order valence-corrected chi connectivity index (χ0v) is 18.1. The summed E-state index contributed by atoms with van der Waals surface area (Å²) in [4.78, 5) is 39.1. The summed E-state index contributed by atoms with van der Waals surface area (Å²) >= 11 is 0. The fraction of sp³-hybridized carbons (Fsp3) is 0.591. The van der Waals surface area contributed by atoms with Crippen LogP contribution in [0.4, 0.5) is 0 Å². The standard InChI is InChI=1S/C22H31NO7/c1-5-29-21(25)13-20(24)23(18-9-7-8-17(18)22(26)30-6-2)14-15-10-11-16(27-3)12-19(15)28-4/h10-12,17-18H,5-9,13-14H2,1-4H3. The number of amides is 1. The maximum Gasteiger partial charge on any atom is 0.315 e. The lowest BCUT2D eigenvalue weighted by molar-refractivity contribution is -0.153. The van der Waals surface area contributed by atoms with Gasteiger partial charge in [-0.15, -0.1) is 0 Å². The number of nitrogens with zero attached hydrogens (tertiary/aromatic N) is 1. The second kappa shape index (κ2) is 11.4. The molecular formula is C22H31NO7. The van der Waals surface area contributed by atoms with E-state index >= 15 is 0 Å². The van der Waals surface area contributed by atoms with Gasteiger partial charge in [-0.3, -0.25) is 14.4 Å². The molecule has 1 fully saturated rings. The van der Waals surface area contributed by atoms with E-state index in [-0.39, 0.29) is 44.1 Å². The molecule has 8 nitrogen and oxygen atoms in total. The topological polar surface area (TPSA) is 91.4 Å². The molecule has 2 rings (SSSR count). The molecule has 1 aromatic rings. The van der Waals surface area contributed by atoms with E-state index in [2.05, 4.69) is 0 Å². The Morgan fingerprint density at radius 1 is 1.03 bits per heavy atom. The summed E-state index contributed by atoms with van der Waals surface area (Å²) in [6, 6.07) is 4.98. The van der Waals surface area contributed by atoms with Gasteiger partial charge in [0, 0.05) is 24.2 Å². The molecule has 0 bridgehead atoms.